The van der Waals surface area contributed by atoms with E-state index >= 15 is 0 Å². The van der Waals surface area contributed by atoms with Crippen LogP contribution in [0.5, 0.6) is 11.5 Å². The number of amides is 1. The Balaban J connectivity index is 1.45. The number of rotatable bonds is 7. The van der Waals surface area contributed by atoms with Gasteiger partial charge in [0.2, 0.25) is 5.89 Å². The first-order chi connectivity index (χ1) is 15.2. The van der Waals surface area contributed by atoms with Gasteiger partial charge in [0.25, 0.3) is 5.91 Å². The summed E-state index contributed by atoms with van der Waals surface area (Å²) in [5.41, 5.74) is 2.05. The van der Waals surface area contributed by atoms with Gasteiger partial charge in [-0.25, -0.2) is 4.98 Å². The van der Waals surface area contributed by atoms with Crippen molar-refractivity contribution >= 4 is 5.91 Å². The molecule has 6 nitrogen and oxygen atoms in total. The second-order valence-corrected chi connectivity index (χ2v) is 7.81. The van der Waals surface area contributed by atoms with Crippen LogP contribution in [-0.4, -0.2) is 36.1 Å². The normalized spacial score (nSPS) is 16.2. The number of para-hydroxylation sites is 2. The molecule has 0 aliphatic carbocycles. The summed E-state index contributed by atoms with van der Waals surface area (Å²) in [5.74, 6) is 2.86. The highest BCUT2D eigenvalue weighted by atomic mass is 16.5. The molecule has 1 amide bonds. The molecule has 0 bridgehead atoms. The molecule has 31 heavy (non-hydrogen) atoms. The Hall–Kier alpha value is -3.28. The van der Waals surface area contributed by atoms with Gasteiger partial charge in [-0.15, -0.1) is 0 Å². The SMILES string of the molecule is COc1ccccc1Cc1cnc(C2CCCCN2C(=O)COc2ccccc2C)o1. The Labute approximate surface area is 182 Å². The zero-order valence-corrected chi connectivity index (χ0v) is 18.0. The monoisotopic (exact) mass is 420 g/mol. The third-order valence-corrected chi connectivity index (χ3v) is 5.68. The fourth-order valence-corrected chi connectivity index (χ4v) is 4.02. The number of benzene rings is 2. The highest BCUT2D eigenvalue weighted by Gasteiger charge is 2.31. The predicted molar refractivity (Wildman–Crippen MR) is 117 cm³/mol. The summed E-state index contributed by atoms with van der Waals surface area (Å²) in [6, 6.07) is 15.4. The highest BCUT2D eigenvalue weighted by Crippen LogP contribution is 2.32. The second-order valence-electron chi connectivity index (χ2n) is 7.81. The summed E-state index contributed by atoms with van der Waals surface area (Å²) in [6.07, 6.45) is 5.19. The van der Waals surface area contributed by atoms with E-state index in [0.717, 1.165) is 47.6 Å². The fourth-order valence-electron chi connectivity index (χ4n) is 4.02. The predicted octanol–water partition coefficient (Wildman–Crippen LogP) is 4.72. The number of carbonyl (C=O) groups is 1. The first kappa shape index (κ1) is 21.0. The quantitative estimate of drug-likeness (QED) is 0.554. The molecule has 2 aromatic carbocycles. The third kappa shape index (κ3) is 4.90. The summed E-state index contributed by atoms with van der Waals surface area (Å²) < 4.78 is 17.3. The topological polar surface area (TPSA) is 64.8 Å². The molecule has 1 fully saturated rings. The standard InChI is InChI=1S/C25H28N2O4/c1-18-9-3-5-12-22(18)30-17-24(28)27-14-8-7-11-21(27)25-26-16-20(31-25)15-19-10-4-6-13-23(19)29-2/h3-6,9-10,12-13,16,21H,7-8,11,14-15,17H2,1-2H3. The smallest absolute Gasteiger partial charge is 0.261 e. The van der Waals surface area contributed by atoms with Gasteiger partial charge in [0.05, 0.1) is 13.3 Å². The molecule has 162 valence electrons. The second kappa shape index (κ2) is 9.69. The minimum absolute atomic E-state index is 0.0101. The molecule has 0 saturated carbocycles. The van der Waals surface area contributed by atoms with Crippen molar-refractivity contribution in [1.82, 2.24) is 9.88 Å². The number of aromatic nitrogens is 1. The summed E-state index contributed by atoms with van der Waals surface area (Å²) >= 11 is 0. The number of aryl methyl sites for hydroxylation is 1. The third-order valence-electron chi connectivity index (χ3n) is 5.68. The molecule has 1 unspecified atom stereocenters. The van der Waals surface area contributed by atoms with Gasteiger partial charge in [0, 0.05) is 18.5 Å². The van der Waals surface area contributed by atoms with E-state index in [1.54, 1.807) is 13.3 Å². The average Bonchev–Trinajstić information content (AvgIpc) is 3.27. The zero-order chi connectivity index (χ0) is 21.6. The lowest BCUT2D eigenvalue weighted by atomic mass is 10.0. The largest absolute Gasteiger partial charge is 0.496 e. The van der Waals surface area contributed by atoms with E-state index in [-0.39, 0.29) is 18.6 Å². The summed E-state index contributed by atoms with van der Waals surface area (Å²) in [7, 11) is 1.66. The van der Waals surface area contributed by atoms with Gasteiger partial charge in [0.15, 0.2) is 6.61 Å². The Morgan fingerprint density at radius 2 is 1.90 bits per heavy atom. The molecule has 1 aliphatic rings. The summed E-state index contributed by atoms with van der Waals surface area (Å²) in [6.45, 7) is 2.67. The fraction of sp³-hybridized carbons (Fsp3) is 0.360. The molecule has 0 radical (unpaired) electrons. The van der Waals surface area contributed by atoms with Crippen LogP contribution in [0.25, 0.3) is 0 Å². The molecular formula is C25H28N2O4. The molecule has 1 saturated heterocycles. The van der Waals surface area contributed by atoms with Gasteiger partial charge >= 0.3 is 0 Å². The van der Waals surface area contributed by atoms with Crippen molar-refractivity contribution in [3.63, 3.8) is 0 Å². The van der Waals surface area contributed by atoms with Crippen LogP contribution in [0, 0.1) is 6.92 Å². The maximum atomic E-state index is 13.0. The van der Waals surface area contributed by atoms with Gasteiger partial charge in [-0.3, -0.25) is 4.79 Å². The van der Waals surface area contributed by atoms with E-state index in [4.69, 9.17) is 13.9 Å². The average molecular weight is 421 g/mol. The number of carbonyl (C=O) groups excluding carboxylic acids is 1. The van der Waals surface area contributed by atoms with E-state index in [9.17, 15) is 4.79 Å². The molecule has 0 spiro atoms. The van der Waals surface area contributed by atoms with Crippen molar-refractivity contribution < 1.29 is 18.7 Å². The lowest BCUT2D eigenvalue weighted by molar-refractivity contribution is -0.137. The Morgan fingerprint density at radius 3 is 2.71 bits per heavy atom. The van der Waals surface area contributed by atoms with Gasteiger partial charge in [-0.1, -0.05) is 36.4 Å². The lowest BCUT2D eigenvalue weighted by Crippen LogP contribution is -2.41. The lowest BCUT2D eigenvalue weighted by Gasteiger charge is -2.33. The van der Waals surface area contributed by atoms with Crippen LogP contribution in [0.2, 0.25) is 0 Å². The van der Waals surface area contributed by atoms with Gasteiger partial charge in [0.1, 0.15) is 23.3 Å². The van der Waals surface area contributed by atoms with E-state index in [0.29, 0.717) is 18.9 Å². The number of oxazole rings is 1. The van der Waals surface area contributed by atoms with Gasteiger partial charge in [-0.2, -0.15) is 0 Å². The van der Waals surface area contributed by atoms with Crippen molar-refractivity contribution in [2.24, 2.45) is 0 Å². The van der Waals surface area contributed by atoms with Crippen molar-refractivity contribution in [2.45, 2.75) is 38.6 Å². The van der Waals surface area contributed by atoms with Crippen LogP contribution < -0.4 is 9.47 Å². The first-order valence-electron chi connectivity index (χ1n) is 10.7. The Bertz CT molecular complexity index is 1030. The number of likely N-dealkylation sites (tertiary alicyclic amines) is 1. The maximum absolute atomic E-state index is 13.0. The number of hydrogen-bond donors (Lipinski definition) is 0. The Morgan fingerprint density at radius 1 is 1.13 bits per heavy atom. The van der Waals surface area contributed by atoms with Crippen molar-refractivity contribution in [1.29, 1.82) is 0 Å². The molecule has 3 aromatic rings. The molecule has 2 heterocycles. The Kier molecular flexibility index (Phi) is 6.55. The number of nitrogens with zero attached hydrogens (tertiary/aromatic N) is 2. The van der Waals surface area contributed by atoms with Crippen molar-refractivity contribution in [2.75, 3.05) is 20.3 Å². The maximum Gasteiger partial charge on any atom is 0.261 e. The van der Waals surface area contributed by atoms with Crippen LogP contribution >= 0.6 is 0 Å². The van der Waals surface area contributed by atoms with Crippen LogP contribution in [0.15, 0.2) is 59.1 Å². The number of piperidine rings is 1. The van der Waals surface area contributed by atoms with E-state index in [1.165, 1.54) is 0 Å². The highest BCUT2D eigenvalue weighted by molar-refractivity contribution is 5.78. The number of methoxy groups -OCH3 is 1. The molecule has 1 atom stereocenters. The first-order valence-corrected chi connectivity index (χ1v) is 10.7. The van der Waals surface area contributed by atoms with E-state index in [1.807, 2.05) is 60.4 Å². The zero-order valence-electron chi connectivity index (χ0n) is 18.0. The van der Waals surface area contributed by atoms with Crippen LogP contribution in [0.4, 0.5) is 0 Å². The molecular weight excluding hydrogens is 392 g/mol. The molecule has 4 rings (SSSR count). The molecule has 1 aliphatic heterocycles. The van der Waals surface area contributed by atoms with Crippen LogP contribution in [0.3, 0.4) is 0 Å². The number of hydrogen-bond acceptors (Lipinski definition) is 5. The van der Waals surface area contributed by atoms with Crippen molar-refractivity contribution in [3.8, 4) is 11.5 Å². The minimum atomic E-state index is -0.159. The van der Waals surface area contributed by atoms with Crippen LogP contribution in [-0.2, 0) is 11.2 Å². The van der Waals surface area contributed by atoms with E-state index in [2.05, 4.69) is 4.98 Å². The van der Waals surface area contributed by atoms with E-state index < -0.39 is 0 Å². The number of ether oxygens (including phenoxy) is 2. The minimum Gasteiger partial charge on any atom is -0.496 e. The molecule has 0 N–H and O–H groups in total. The van der Waals surface area contributed by atoms with Crippen molar-refractivity contribution in [3.05, 3.63) is 77.5 Å². The molecule has 6 heteroatoms. The van der Waals surface area contributed by atoms with Crippen LogP contribution in [0.1, 0.15) is 48.1 Å². The van der Waals surface area contributed by atoms with Gasteiger partial charge < -0.3 is 18.8 Å². The molecule has 1 aromatic heterocycles. The summed E-state index contributed by atoms with van der Waals surface area (Å²) in [5, 5.41) is 0. The summed E-state index contributed by atoms with van der Waals surface area (Å²) in [4.78, 5) is 19.3. The van der Waals surface area contributed by atoms with Gasteiger partial charge in [-0.05, 0) is 43.9 Å².